The van der Waals surface area contributed by atoms with Crippen LogP contribution in [0.2, 0.25) is 0 Å². The molecule has 4 heteroatoms. The maximum absolute atomic E-state index is 4.12. The highest BCUT2D eigenvalue weighted by molar-refractivity contribution is 5.25. The summed E-state index contributed by atoms with van der Waals surface area (Å²) >= 11 is 0. The largest absolute Gasteiger partial charge is 0.309 e. The van der Waals surface area contributed by atoms with Crippen LogP contribution in [0.25, 0.3) is 0 Å². The third kappa shape index (κ3) is 1.26. The molecular weight excluding hydrogens is 260 g/mol. The van der Waals surface area contributed by atoms with Crippen molar-refractivity contribution in [2.75, 3.05) is 6.54 Å². The number of hydrogen-bond acceptors (Lipinski definition) is 4. The lowest BCUT2D eigenvalue weighted by Gasteiger charge is -2.70. The van der Waals surface area contributed by atoms with Crippen LogP contribution in [0.1, 0.15) is 59.3 Å². The summed E-state index contributed by atoms with van der Waals surface area (Å²) in [7, 11) is 0. The molecule has 2 bridgehead atoms. The molecule has 7 unspecified atom stereocenters. The second-order valence-corrected chi connectivity index (χ2v) is 8.40. The van der Waals surface area contributed by atoms with Gasteiger partial charge in [0.25, 0.3) is 0 Å². The number of piperazine rings is 1. The van der Waals surface area contributed by atoms with E-state index >= 15 is 0 Å². The van der Waals surface area contributed by atoms with Gasteiger partial charge in [0.15, 0.2) is 0 Å². The van der Waals surface area contributed by atoms with Crippen LogP contribution in [-0.4, -0.2) is 46.5 Å². The van der Waals surface area contributed by atoms with Crippen LogP contribution in [0.5, 0.6) is 0 Å². The average molecular weight is 290 g/mol. The fourth-order valence-corrected chi connectivity index (χ4v) is 7.04. The van der Waals surface area contributed by atoms with Crippen molar-refractivity contribution < 1.29 is 0 Å². The maximum Gasteiger partial charge on any atom is 0.108 e. The lowest BCUT2D eigenvalue weighted by Crippen LogP contribution is -2.84. The van der Waals surface area contributed by atoms with E-state index < -0.39 is 0 Å². The van der Waals surface area contributed by atoms with Crippen LogP contribution >= 0.6 is 0 Å². The third-order valence-corrected chi connectivity index (χ3v) is 7.73. The van der Waals surface area contributed by atoms with Gasteiger partial charge in [0.1, 0.15) is 5.66 Å². The summed E-state index contributed by atoms with van der Waals surface area (Å²) in [5.41, 5.74) is 0.699. The van der Waals surface area contributed by atoms with Gasteiger partial charge >= 0.3 is 0 Å². The highest BCUT2D eigenvalue weighted by atomic mass is 15.8. The maximum atomic E-state index is 4.12. The molecule has 0 aromatic carbocycles. The van der Waals surface area contributed by atoms with Crippen LogP contribution in [0.15, 0.2) is 0 Å². The van der Waals surface area contributed by atoms with E-state index in [0.29, 0.717) is 23.7 Å². The molecule has 4 nitrogen and oxygen atoms in total. The normalized spacial score (nSPS) is 57.9. The van der Waals surface area contributed by atoms with Gasteiger partial charge in [-0.3, -0.25) is 5.32 Å². The van der Waals surface area contributed by atoms with Gasteiger partial charge in [0, 0.05) is 30.1 Å². The van der Waals surface area contributed by atoms with Crippen molar-refractivity contribution in [2.45, 2.75) is 89.3 Å². The Bertz CT molecular complexity index is 462. The summed E-state index contributed by atoms with van der Waals surface area (Å²) < 4.78 is 0. The SMILES string of the molecule is CC1NC23C(C)NCC(C)N2N1C1CCCC1C31CCC1. The lowest BCUT2D eigenvalue weighted by atomic mass is 9.50. The van der Waals surface area contributed by atoms with Gasteiger partial charge < -0.3 is 5.32 Å². The van der Waals surface area contributed by atoms with E-state index in [-0.39, 0.29) is 5.66 Å². The number of hydrazine groups is 1. The minimum absolute atomic E-state index is 0.174. The van der Waals surface area contributed by atoms with Crippen molar-refractivity contribution in [1.29, 1.82) is 0 Å². The molecule has 2 saturated carbocycles. The molecule has 5 aliphatic rings. The first-order chi connectivity index (χ1) is 10.1. The van der Waals surface area contributed by atoms with Crippen LogP contribution in [-0.2, 0) is 0 Å². The summed E-state index contributed by atoms with van der Waals surface area (Å²) in [4.78, 5) is 0. The van der Waals surface area contributed by atoms with Gasteiger partial charge in [-0.05, 0) is 52.4 Å². The van der Waals surface area contributed by atoms with Gasteiger partial charge in [0.2, 0.25) is 0 Å². The molecule has 118 valence electrons. The summed E-state index contributed by atoms with van der Waals surface area (Å²) in [6.45, 7) is 8.37. The zero-order chi connectivity index (χ0) is 14.4. The van der Waals surface area contributed by atoms with Crippen LogP contribution in [0.3, 0.4) is 0 Å². The van der Waals surface area contributed by atoms with Crippen molar-refractivity contribution in [2.24, 2.45) is 11.3 Å². The monoisotopic (exact) mass is 290 g/mol. The van der Waals surface area contributed by atoms with Crippen molar-refractivity contribution in [3.63, 3.8) is 0 Å². The Morgan fingerprint density at radius 1 is 1.05 bits per heavy atom. The molecule has 0 radical (unpaired) electrons. The fraction of sp³-hybridized carbons (Fsp3) is 1.00. The second kappa shape index (κ2) is 4.02. The Hall–Kier alpha value is -0.160. The number of nitrogens with one attached hydrogen (secondary N) is 2. The van der Waals surface area contributed by atoms with Gasteiger partial charge in [-0.15, -0.1) is 0 Å². The molecule has 3 heterocycles. The molecule has 1 spiro atoms. The molecule has 0 amide bonds. The van der Waals surface area contributed by atoms with E-state index in [9.17, 15) is 0 Å². The molecule has 0 aromatic rings. The number of rotatable bonds is 0. The predicted molar refractivity (Wildman–Crippen MR) is 83.3 cm³/mol. The molecule has 3 aliphatic heterocycles. The number of fused-ring (bicyclic) bond motifs is 3. The third-order valence-electron chi connectivity index (χ3n) is 7.73. The van der Waals surface area contributed by atoms with Crippen molar-refractivity contribution in [3.8, 4) is 0 Å². The van der Waals surface area contributed by atoms with Gasteiger partial charge in [-0.2, -0.15) is 0 Å². The molecule has 0 aromatic heterocycles. The highest BCUT2D eigenvalue weighted by Crippen LogP contribution is 2.67. The fourth-order valence-electron chi connectivity index (χ4n) is 7.04. The molecule has 2 N–H and O–H groups in total. The number of hydrogen-bond donors (Lipinski definition) is 2. The van der Waals surface area contributed by atoms with Crippen LogP contribution in [0, 0.1) is 11.3 Å². The topological polar surface area (TPSA) is 30.5 Å². The van der Waals surface area contributed by atoms with E-state index in [1.807, 2.05) is 0 Å². The van der Waals surface area contributed by atoms with Gasteiger partial charge in [0.05, 0.1) is 6.17 Å². The lowest BCUT2D eigenvalue weighted by molar-refractivity contribution is -0.271. The Kier molecular flexibility index (Phi) is 2.55. The summed E-state index contributed by atoms with van der Waals surface area (Å²) in [6, 6.07) is 1.96. The van der Waals surface area contributed by atoms with Crippen LogP contribution in [0.4, 0.5) is 0 Å². The first kappa shape index (κ1) is 13.3. The molecule has 3 saturated heterocycles. The van der Waals surface area contributed by atoms with E-state index in [4.69, 9.17) is 0 Å². The zero-order valence-corrected chi connectivity index (χ0v) is 13.7. The first-order valence-electron chi connectivity index (χ1n) is 9.20. The van der Waals surface area contributed by atoms with E-state index in [1.165, 1.54) is 38.5 Å². The summed E-state index contributed by atoms with van der Waals surface area (Å²) in [5, 5.41) is 13.6. The quantitative estimate of drug-likeness (QED) is 0.713. The Morgan fingerprint density at radius 3 is 2.57 bits per heavy atom. The Morgan fingerprint density at radius 2 is 1.86 bits per heavy atom. The van der Waals surface area contributed by atoms with E-state index in [0.717, 1.165) is 18.5 Å². The van der Waals surface area contributed by atoms with E-state index in [1.54, 1.807) is 0 Å². The standard InChI is InChI=1S/C17H30N4/c1-11-10-18-12(2)17-16(8-5-9-16)14-6-4-7-15(14)20(21(11)17)13(3)19-17/h11-15,18-19H,4-10H2,1-3H3. The van der Waals surface area contributed by atoms with Crippen molar-refractivity contribution >= 4 is 0 Å². The second-order valence-electron chi connectivity index (χ2n) is 8.40. The van der Waals surface area contributed by atoms with Gasteiger partial charge in [-0.1, -0.05) is 12.8 Å². The highest BCUT2D eigenvalue weighted by Gasteiger charge is 2.75. The molecule has 7 atom stereocenters. The summed E-state index contributed by atoms with van der Waals surface area (Å²) in [5.74, 6) is 0.925. The summed E-state index contributed by atoms with van der Waals surface area (Å²) in [6.07, 6.45) is 9.15. The molecule has 2 aliphatic carbocycles. The molecule has 21 heavy (non-hydrogen) atoms. The zero-order valence-electron chi connectivity index (χ0n) is 13.7. The smallest absolute Gasteiger partial charge is 0.108 e. The Labute approximate surface area is 128 Å². The van der Waals surface area contributed by atoms with Crippen LogP contribution < -0.4 is 10.6 Å². The predicted octanol–water partition coefficient (Wildman–Crippen LogP) is 1.88. The first-order valence-corrected chi connectivity index (χ1v) is 9.20. The minimum atomic E-state index is 0.174. The number of nitrogens with zero attached hydrogens (tertiary/aromatic N) is 2. The Balaban J connectivity index is 1.72. The van der Waals surface area contributed by atoms with Crippen molar-refractivity contribution in [3.05, 3.63) is 0 Å². The van der Waals surface area contributed by atoms with Crippen molar-refractivity contribution in [1.82, 2.24) is 20.7 Å². The van der Waals surface area contributed by atoms with Gasteiger partial charge in [-0.25, -0.2) is 10.0 Å². The molecule has 5 fully saturated rings. The molecule has 5 rings (SSSR count). The minimum Gasteiger partial charge on any atom is -0.309 e. The molecular formula is C17H30N4. The van der Waals surface area contributed by atoms with E-state index in [2.05, 4.69) is 41.4 Å². The average Bonchev–Trinajstić information content (AvgIpc) is 2.96.